The molecule has 3 aromatic carbocycles. The number of amides is 1. The highest BCUT2D eigenvalue weighted by Gasteiger charge is 2.23. The molecule has 0 aliphatic carbocycles. The van der Waals surface area contributed by atoms with Crippen LogP contribution in [-0.2, 0) is 0 Å². The number of ether oxygens (including phenoxy) is 2. The summed E-state index contributed by atoms with van der Waals surface area (Å²) in [5, 5.41) is 13.5. The quantitative estimate of drug-likeness (QED) is 0.453. The molecule has 1 fully saturated rings. The Labute approximate surface area is 204 Å². The Morgan fingerprint density at radius 2 is 1.31 bits per heavy atom. The summed E-state index contributed by atoms with van der Waals surface area (Å²) in [6, 6.07) is 23.1. The molecule has 0 spiro atoms. The lowest BCUT2D eigenvalue weighted by atomic mass is 10.1. The second-order valence-electron chi connectivity index (χ2n) is 8.27. The highest BCUT2D eigenvalue weighted by Crippen LogP contribution is 2.28. The molecule has 178 valence electrons. The molecule has 1 aliphatic heterocycles. The summed E-state index contributed by atoms with van der Waals surface area (Å²) in [6.45, 7) is 3.34. The maximum atomic E-state index is 13.0. The van der Waals surface area contributed by atoms with Gasteiger partial charge in [0.1, 0.15) is 11.5 Å². The second kappa shape index (κ2) is 9.89. The highest BCUT2D eigenvalue weighted by molar-refractivity contribution is 6.12. The largest absolute Gasteiger partial charge is 0.497 e. The number of benzene rings is 3. The van der Waals surface area contributed by atoms with Crippen LogP contribution in [-0.4, -0.2) is 56.5 Å². The first-order valence-electron chi connectivity index (χ1n) is 11.5. The number of aromatic nitrogens is 2. The van der Waals surface area contributed by atoms with Gasteiger partial charge in [-0.2, -0.15) is 0 Å². The standard InChI is InChI=1S/C27H27N5O3/c1-34-21-11-7-19(8-12-21)28-27(33)25-23-5-3-4-6-24(23)26(30-29-25)32-17-15-31(16-18-32)20-9-13-22(35-2)14-10-20/h3-14H,15-18H2,1-2H3,(H,28,33). The number of hydrogen-bond donors (Lipinski definition) is 1. The van der Waals surface area contributed by atoms with Crippen molar-refractivity contribution in [1.82, 2.24) is 10.2 Å². The van der Waals surface area contributed by atoms with Gasteiger partial charge in [-0.15, -0.1) is 10.2 Å². The number of nitrogens with one attached hydrogen (secondary N) is 1. The van der Waals surface area contributed by atoms with Gasteiger partial charge in [-0.1, -0.05) is 24.3 Å². The van der Waals surface area contributed by atoms with Gasteiger partial charge in [-0.25, -0.2) is 0 Å². The number of nitrogens with zero attached hydrogens (tertiary/aromatic N) is 4. The van der Waals surface area contributed by atoms with Crippen molar-refractivity contribution in [3.63, 3.8) is 0 Å². The fraction of sp³-hybridized carbons (Fsp3) is 0.222. The van der Waals surface area contributed by atoms with E-state index in [9.17, 15) is 4.79 Å². The van der Waals surface area contributed by atoms with E-state index < -0.39 is 0 Å². The van der Waals surface area contributed by atoms with Crippen molar-refractivity contribution in [2.75, 3.05) is 55.5 Å². The zero-order valence-corrected chi connectivity index (χ0v) is 19.8. The molecule has 1 N–H and O–H groups in total. The van der Waals surface area contributed by atoms with Gasteiger partial charge in [0, 0.05) is 48.3 Å². The average Bonchev–Trinajstić information content (AvgIpc) is 2.93. The molecule has 0 atom stereocenters. The van der Waals surface area contributed by atoms with Crippen LogP contribution in [0.3, 0.4) is 0 Å². The molecule has 1 saturated heterocycles. The van der Waals surface area contributed by atoms with Crippen molar-refractivity contribution < 1.29 is 14.3 Å². The Morgan fingerprint density at radius 3 is 1.94 bits per heavy atom. The molecule has 35 heavy (non-hydrogen) atoms. The maximum absolute atomic E-state index is 13.0. The van der Waals surface area contributed by atoms with E-state index >= 15 is 0 Å². The van der Waals surface area contributed by atoms with E-state index in [0.29, 0.717) is 11.4 Å². The van der Waals surface area contributed by atoms with Crippen molar-refractivity contribution in [2.24, 2.45) is 0 Å². The summed E-state index contributed by atoms with van der Waals surface area (Å²) >= 11 is 0. The van der Waals surface area contributed by atoms with Crippen LogP contribution in [0, 0.1) is 0 Å². The Morgan fingerprint density at radius 1 is 0.743 bits per heavy atom. The van der Waals surface area contributed by atoms with E-state index in [1.54, 1.807) is 38.5 Å². The van der Waals surface area contributed by atoms with Crippen LogP contribution in [0.15, 0.2) is 72.8 Å². The molecule has 0 bridgehead atoms. The van der Waals surface area contributed by atoms with Crippen LogP contribution < -0.4 is 24.6 Å². The average molecular weight is 470 g/mol. The highest BCUT2D eigenvalue weighted by atomic mass is 16.5. The minimum atomic E-state index is -0.297. The van der Waals surface area contributed by atoms with Gasteiger partial charge in [0.2, 0.25) is 0 Å². The molecule has 1 aromatic heterocycles. The zero-order chi connectivity index (χ0) is 24.2. The molecule has 0 unspecified atom stereocenters. The number of anilines is 3. The molecule has 1 aliphatic rings. The summed E-state index contributed by atoms with van der Waals surface area (Å²) in [5.41, 5.74) is 2.14. The lowest BCUT2D eigenvalue weighted by molar-refractivity contribution is 0.102. The lowest BCUT2D eigenvalue weighted by Crippen LogP contribution is -2.47. The first-order valence-corrected chi connectivity index (χ1v) is 11.5. The summed E-state index contributed by atoms with van der Waals surface area (Å²) < 4.78 is 10.4. The molecule has 4 aromatic rings. The van der Waals surface area contributed by atoms with Crippen LogP contribution in [0.1, 0.15) is 10.5 Å². The normalized spacial score (nSPS) is 13.5. The number of fused-ring (bicyclic) bond motifs is 1. The maximum Gasteiger partial charge on any atom is 0.276 e. The number of hydrogen-bond acceptors (Lipinski definition) is 7. The second-order valence-corrected chi connectivity index (χ2v) is 8.27. The topological polar surface area (TPSA) is 79.8 Å². The Kier molecular flexibility index (Phi) is 6.34. The van der Waals surface area contributed by atoms with Crippen LogP contribution in [0.4, 0.5) is 17.2 Å². The summed E-state index contributed by atoms with van der Waals surface area (Å²) in [4.78, 5) is 17.6. The molecule has 2 heterocycles. The number of methoxy groups -OCH3 is 2. The van der Waals surface area contributed by atoms with E-state index in [2.05, 4.69) is 37.4 Å². The predicted octanol–water partition coefficient (Wildman–Crippen LogP) is 4.23. The van der Waals surface area contributed by atoms with Crippen LogP contribution in [0.5, 0.6) is 11.5 Å². The SMILES string of the molecule is COc1ccc(NC(=O)c2nnc(N3CCN(c4ccc(OC)cc4)CC3)c3ccccc23)cc1. The van der Waals surface area contributed by atoms with Crippen LogP contribution >= 0.6 is 0 Å². The van der Waals surface area contributed by atoms with Gasteiger partial charge in [-0.3, -0.25) is 4.79 Å². The van der Waals surface area contributed by atoms with Gasteiger partial charge in [0.15, 0.2) is 11.5 Å². The van der Waals surface area contributed by atoms with E-state index in [1.165, 1.54) is 5.69 Å². The van der Waals surface area contributed by atoms with E-state index in [4.69, 9.17) is 9.47 Å². The minimum Gasteiger partial charge on any atom is -0.497 e. The molecule has 5 rings (SSSR count). The van der Waals surface area contributed by atoms with Crippen molar-refractivity contribution in [2.45, 2.75) is 0 Å². The fourth-order valence-electron chi connectivity index (χ4n) is 4.33. The number of carbonyl (C=O) groups is 1. The minimum absolute atomic E-state index is 0.297. The van der Waals surface area contributed by atoms with Gasteiger partial charge in [0.05, 0.1) is 14.2 Å². The lowest BCUT2D eigenvalue weighted by Gasteiger charge is -2.37. The summed E-state index contributed by atoms with van der Waals surface area (Å²) in [6.07, 6.45) is 0. The number of rotatable bonds is 6. The molecule has 0 saturated carbocycles. The Balaban J connectivity index is 1.34. The molecular weight excluding hydrogens is 442 g/mol. The third-order valence-corrected chi connectivity index (χ3v) is 6.25. The van der Waals surface area contributed by atoms with Gasteiger partial charge in [-0.05, 0) is 48.5 Å². The van der Waals surface area contributed by atoms with E-state index in [-0.39, 0.29) is 5.91 Å². The molecule has 0 radical (unpaired) electrons. The monoisotopic (exact) mass is 469 g/mol. The van der Waals surface area contributed by atoms with Crippen molar-refractivity contribution in [3.05, 3.63) is 78.5 Å². The summed E-state index contributed by atoms with van der Waals surface area (Å²) in [7, 11) is 3.28. The molecule has 8 nitrogen and oxygen atoms in total. The Bertz CT molecular complexity index is 1320. The third-order valence-electron chi connectivity index (χ3n) is 6.25. The number of carbonyl (C=O) groups excluding carboxylic acids is 1. The van der Waals surface area contributed by atoms with Gasteiger partial charge >= 0.3 is 0 Å². The van der Waals surface area contributed by atoms with Gasteiger partial charge in [0.25, 0.3) is 5.91 Å². The molecular formula is C27H27N5O3. The van der Waals surface area contributed by atoms with Crippen molar-refractivity contribution in [3.8, 4) is 11.5 Å². The first kappa shape index (κ1) is 22.5. The third kappa shape index (κ3) is 4.68. The molecule has 8 heteroatoms. The van der Waals surface area contributed by atoms with Crippen molar-refractivity contribution in [1.29, 1.82) is 0 Å². The predicted molar refractivity (Wildman–Crippen MR) is 138 cm³/mol. The zero-order valence-electron chi connectivity index (χ0n) is 19.8. The fourth-order valence-corrected chi connectivity index (χ4v) is 4.33. The molecule has 1 amide bonds. The van der Waals surface area contributed by atoms with Crippen LogP contribution in [0.25, 0.3) is 10.8 Å². The summed E-state index contributed by atoms with van der Waals surface area (Å²) in [5.74, 6) is 2.08. The number of piperazine rings is 1. The first-order chi connectivity index (χ1) is 17.2. The van der Waals surface area contributed by atoms with Crippen LogP contribution in [0.2, 0.25) is 0 Å². The van der Waals surface area contributed by atoms with E-state index in [0.717, 1.165) is 54.3 Å². The Hall–Kier alpha value is -4.33. The van der Waals surface area contributed by atoms with E-state index in [1.807, 2.05) is 36.4 Å². The smallest absolute Gasteiger partial charge is 0.276 e. The van der Waals surface area contributed by atoms with Gasteiger partial charge < -0.3 is 24.6 Å². The van der Waals surface area contributed by atoms with Crippen molar-refractivity contribution >= 4 is 33.9 Å².